The molecule has 2 N–H and O–H groups in total. The lowest BCUT2D eigenvalue weighted by Crippen LogP contribution is -2.61. The van der Waals surface area contributed by atoms with Gasteiger partial charge in [0.1, 0.15) is 5.60 Å². The highest BCUT2D eigenvalue weighted by molar-refractivity contribution is 5.36. The number of aliphatic hydroxyl groups is 2. The number of hydrogen-bond donors (Lipinski definition) is 2. The second-order valence-corrected chi connectivity index (χ2v) is 11.0. The molecule has 28 heavy (non-hydrogen) atoms. The number of ether oxygens (including phenoxy) is 3. The fraction of sp³-hybridized carbons (Fsp3) is 0.913. The lowest BCUT2D eigenvalue weighted by molar-refractivity contribution is -0.220. The Morgan fingerprint density at radius 2 is 1.82 bits per heavy atom. The number of hydrogen-bond acceptors (Lipinski definition) is 5. The minimum atomic E-state index is -0.603. The Hall–Kier alpha value is -0.460. The monoisotopic (exact) mass is 390 g/mol. The van der Waals surface area contributed by atoms with Gasteiger partial charge in [-0.2, -0.15) is 0 Å². The Balaban J connectivity index is 1.37. The Labute approximate surface area is 167 Å². The van der Waals surface area contributed by atoms with Crippen molar-refractivity contribution in [1.29, 1.82) is 0 Å². The van der Waals surface area contributed by atoms with Gasteiger partial charge in [0.25, 0.3) is 0 Å². The second kappa shape index (κ2) is 5.42. The molecule has 2 unspecified atom stereocenters. The van der Waals surface area contributed by atoms with Crippen molar-refractivity contribution in [2.75, 3.05) is 13.2 Å². The van der Waals surface area contributed by atoms with E-state index in [1.165, 1.54) is 5.57 Å². The van der Waals surface area contributed by atoms with E-state index in [1.807, 2.05) is 0 Å². The van der Waals surface area contributed by atoms with Gasteiger partial charge >= 0.3 is 0 Å². The number of rotatable bonds is 1. The molecule has 2 heterocycles. The largest absolute Gasteiger partial charge is 0.393 e. The molecule has 0 bridgehead atoms. The first-order valence-electron chi connectivity index (χ1n) is 11.3. The molecule has 0 aromatic carbocycles. The van der Waals surface area contributed by atoms with Crippen LogP contribution in [0.5, 0.6) is 0 Å². The third-order valence-corrected chi connectivity index (χ3v) is 10.1. The van der Waals surface area contributed by atoms with E-state index in [0.717, 1.165) is 38.5 Å². The number of allylic oxidation sites excluding steroid dienone is 1. The minimum absolute atomic E-state index is 0.0469. The van der Waals surface area contributed by atoms with Gasteiger partial charge in [0, 0.05) is 23.2 Å². The van der Waals surface area contributed by atoms with Crippen molar-refractivity contribution in [1.82, 2.24) is 0 Å². The van der Waals surface area contributed by atoms with Crippen molar-refractivity contribution in [2.45, 2.75) is 89.0 Å². The Kier molecular flexibility index (Phi) is 3.54. The molecule has 9 atom stereocenters. The minimum Gasteiger partial charge on any atom is -0.393 e. The van der Waals surface area contributed by atoms with Crippen LogP contribution in [0.4, 0.5) is 0 Å². The smallest absolute Gasteiger partial charge is 0.169 e. The molecule has 4 aliphatic carbocycles. The predicted octanol–water partition coefficient (Wildman–Crippen LogP) is 2.79. The molecule has 2 aliphatic heterocycles. The summed E-state index contributed by atoms with van der Waals surface area (Å²) in [6.07, 6.45) is 7.42. The average molecular weight is 391 g/mol. The van der Waals surface area contributed by atoms with Crippen molar-refractivity contribution >= 4 is 0 Å². The average Bonchev–Trinajstić information content (AvgIpc) is 2.98. The maximum absolute atomic E-state index is 11.5. The maximum atomic E-state index is 11.5. The summed E-state index contributed by atoms with van der Waals surface area (Å²) in [7, 11) is 0. The van der Waals surface area contributed by atoms with Gasteiger partial charge in [-0.3, -0.25) is 0 Å². The zero-order valence-electron chi connectivity index (χ0n) is 17.3. The summed E-state index contributed by atoms with van der Waals surface area (Å²) in [6.45, 7) is 7.96. The van der Waals surface area contributed by atoms with Crippen molar-refractivity contribution in [2.24, 2.45) is 28.6 Å². The van der Waals surface area contributed by atoms with E-state index in [9.17, 15) is 10.2 Å². The summed E-state index contributed by atoms with van der Waals surface area (Å²) in [5.74, 6) is 0.435. The fourth-order valence-electron chi connectivity index (χ4n) is 8.47. The third-order valence-electron chi connectivity index (χ3n) is 10.1. The summed E-state index contributed by atoms with van der Waals surface area (Å²) >= 11 is 0. The second-order valence-electron chi connectivity index (χ2n) is 11.0. The zero-order chi connectivity index (χ0) is 19.5. The van der Waals surface area contributed by atoms with Crippen LogP contribution in [0, 0.1) is 28.6 Å². The van der Waals surface area contributed by atoms with Crippen molar-refractivity contribution < 1.29 is 24.4 Å². The summed E-state index contributed by atoms with van der Waals surface area (Å²) in [4.78, 5) is 0. The Morgan fingerprint density at radius 3 is 2.57 bits per heavy atom. The van der Waals surface area contributed by atoms with Gasteiger partial charge < -0.3 is 24.4 Å². The van der Waals surface area contributed by atoms with Crippen molar-refractivity contribution in [3.8, 4) is 0 Å². The van der Waals surface area contributed by atoms with Gasteiger partial charge in [-0.1, -0.05) is 25.5 Å². The molecule has 0 radical (unpaired) electrons. The highest BCUT2D eigenvalue weighted by Gasteiger charge is 2.76. The van der Waals surface area contributed by atoms with E-state index in [0.29, 0.717) is 25.0 Å². The van der Waals surface area contributed by atoms with Crippen LogP contribution in [0.3, 0.4) is 0 Å². The first kappa shape index (κ1) is 18.3. The molecule has 0 aromatic heterocycles. The summed E-state index contributed by atoms with van der Waals surface area (Å²) in [5, 5.41) is 21.8. The molecular weight excluding hydrogens is 356 g/mol. The van der Waals surface area contributed by atoms with Crippen LogP contribution >= 0.6 is 0 Å². The Morgan fingerprint density at radius 1 is 1.07 bits per heavy atom. The van der Waals surface area contributed by atoms with Crippen LogP contribution in [-0.2, 0) is 14.2 Å². The van der Waals surface area contributed by atoms with Gasteiger partial charge in [-0.05, 0) is 50.9 Å². The van der Waals surface area contributed by atoms with Gasteiger partial charge in [0.05, 0.1) is 31.5 Å². The lowest BCUT2D eigenvalue weighted by Gasteiger charge is -2.59. The van der Waals surface area contributed by atoms with Crippen LogP contribution < -0.4 is 0 Å². The summed E-state index contributed by atoms with van der Waals surface area (Å²) < 4.78 is 18.5. The van der Waals surface area contributed by atoms with Crippen LogP contribution in [0.25, 0.3) is 0 Å². The van der Waals surface area contributed by atoms with E-state index >= 15 is 0 Å². The van der Waals surface area contributed by atoms with Crippen LogP contribution in [-0.4, -0.2) is 53.1 Å². The number of fused-ring (bicyclic) bond motifs is 4. The van der Waals surface area contributed by atoms with Crippen LogP contribution in [0.2, 0.25) is 0 Å². The topological polar surface area (TPSA) is 71.5 Å². The SMILES string of the molecule is CC1([C@H]2CC=C3[C@@H]4CC5OC56C[C@@H](O)CC[C@]6(C)[C@H]4C[C@@H](O)[C@@]32C)OCCO1. The molecule has 3 saturated carbocycles. The number of epoxide rings is 1. The molecule has 5 nitrogen and oxygen atoms in total. The third kappa shape index (κ3) is 1.96. The van der Waals surface area contributed by atoms with Gasteiger partial charge in [0.15, 0.2) is 5.79 Å². The first-order valence-corrected chi connectivity index (χ1v) is 11.3. The van der Waals surface area contributed by atoms with Crippen molar-refractivity contribution in [3.63, 3.8) is 0 Å². The van der Waals surface area contributed by atoms with Crippen LogP contribution in [0.1, 0.15) is 59.3 Å². The fourth-order valence-corrected chi connectivity index (χ4v) is 8.47. The molecule has 5 heteroatoms. The summed E-state index contributed by atoms with van der Waals surface area (Å²) in [5.41, 5.74) is 1.03. The van der Waals surface area contributed by atoms with E-state index < -0.39 is 11.9 Å². The zero-order valence-corrected chi connectivity index (χ0v) is 17.3. The molecule has 1 spiro atoms. The first-order chi connectivity index (χ1) is 13.2. The molecular formula is C23H34O5. The molecule has 0 amide bonds. The molecule has 2 saturated heterocycles. The Bertz CT molecular complexity index is 729. The van der Waals surface area contributed by atoms with Gasteiger partial charge in [-0.15, -0.1) is 0 Å². The van der Waals surface area contributed by atoms with Crippen LogP contribution in [0.15, 0.2) is 11.6 Å². The van der Waals surface area contributed by atoms with E-state index in [-0.39, 0.29) is 34.6 Å². The standard InChI is InChI=1S/C23H34O5/c1-20-7-6-13(24)12-23(20)19(28-23)10-14-15-4-5-17(22(3)26-8-9-27-22)21(15,2)18(25)11-16(14)20/h4,13-14,16-19,24-25H,5-12H2,1-3H3/t13-,14-,16-,17-,18+,19?,20+,21-,23?/m0/s1. The molecule has 156 valence electrons. The van der Waals surface area contributed by atoms with Gasteiger partial charge in [-0.25, -0.2) is 0 Å². The van der Waals surface area contributed by atoms with Gasteiger partial charge in [0.2, 0.25) is 0 Å². The lowest BCUT2D eigenvalue weighted by atomic mass is 9.45. The maximum Gasteiger partial charge on any atom is 0.169 e. The van der Waals surface area contributed by atoms with E-state index in [2.05, 4.69) is 26.8 Å². The highest BCUT2D eigenvalue weighted by atomic mass is 16.7. The molecule has 6 aliphatic rings. The van der Waals surface area contributed by atoms with Crippen molar-refractivity contribution in [3.05, 3.63) is 11.6 Å². The highest BCUT2D eigenvalue weighted by Crippen LogP contribution is 2.73. The summed E-state index contributed by atoms with van der Waals surface area (Å²) in [6, 6.07) is 0. The molecule has 5 fully saturated rings. The molecule has 6 rings (SSSR count). The van der Waals surface area contributed by atoms with E-state index in [4.69, 9.17) is 14.2 Å². The predicted molar refractivity (Wildman–Crippen MR) is 102 cm³/mol. The number of aliphatic hydroxyl groups excluding tert-OH is 2. The molecule has 0 aromatic rings. The van der Waals surface area contributed by atoms with E-state index in [1.54, 1.807) is 0 Å². The quantitative estimate of drug-likeness (QED) is 0.532. The normalized spacial score (nSPS) is 59.0.